The molecule has 2 nitrogen and oxygen atoms in total. The Morgan fingerprint density at radius 3 is 3.00 bits per heavy atom. The molecule has 0 amide bonds. The third-order valence-electron chi connectivity index (χ3n) is 2.97. The van der Waals surface area contributed by atoms with Crippen molar-refractivity contribution in [1.29, 1.82) is 0 Å². The van der Waals surface area contributed by atoms with Crippen molar-refractivity contribution in [3.63, 3.8) is 0 Å². The highest BCUT2D eigenvalue weighted by Gasteiger charge is 2.03. The Hall–Kier alpha value is -0.930. The minimum atomic E-state index is 0.681. The van der Waals surface area contributed by atoms with E-state index in [2.05, 4.69) is 23.5 Å². The molecule has 1 unspecified atom stereocenters. The van der Waals surface area contributed by atoms with E-state index in [1.54, 1.807) is 0 Å². The summed E-state index contributed by atoms with van der Waals surface area (Å²) in [5.74, 6) is 0. The Kier molecular flexibility index (Phi) is 4.72. The topological polar surface area (TPSA) is 24.9 Å². The van der Waals surface area contributed by atoms with Crippen LogP contribution in [0.5, 0.6) is 0 Å². The number of thioether (sulfide) groups is 1. The maximum absolute atomic E-state index is 5.97. The fourth-order valence-corrected chi connectivity index (χ4v) is 2.32. The standard InChI is InChI=1S/C14H17ClN2S/c1-10(18-2)5-7-16-13-6-8-17-14-9-11(15)3-4-12(13)14/h3-4,6,8-10H,5,7H2,1-2H3,(H,16,17). The molecule has 1 N–H and O–H groups in total. The van der Waals surface area contributed by atoms with Gasteiger partial charge in [0, 0.05) is 34.1 Å². The zero-order valence-corrected chi connectivity index (χ0v) is 12.2. The van der Waals surface area contributed by atoms with Crippen LogP contribution in [0.4, 0.5) is 5.69 Å². The fourth-order valence-electron chi connectivity index (χ4n) is 1.80. The third-order valence-corrected chi connectivity index (χ3v) is 4.25. The summed E-state index contributed by atoms with van der Waals surface area (Å²) in [6, 6.07) is 7.83. The monoisotopic (exact) mass is 280 g/mol. The lowest BCUT2D eigenvalue weighted by atomic mass is 10.2. The Bertz CT molecular complexity index is 530. The van der Waals surface area contributed by atoms with Gasteiger partial charge in [-0.1, -0.05) is 18.5 Å². The number of anilines is 1. The van der Waals surface area contributed by atoms with Crippen molar-refractivity contribution in [1.82, 2.24) is 4.98 Å². The lowest BCUT2D eigenvalue weighted by Crippen LogP contribution is -2.08. The van der Waals surface area contributed by atoms with Crippen molar-refractivity contribution in [3.8, 4) is 0 Å². The molecule has 0 spiro atoms. The highest BCUT2D eigenvalue weighted by atomic mass is 35.5. The van der Waals surface area contributed by atoms with Gasteiger partial charge >= 0.3 is 0 Å². The number of nitrogens with zero attached hydrogens (tertiary/aromatic N) is 1. The Morgan fingerprint density at radius 1 is 1.39 bits per heavy atom. The van der Waals surface area contributed by atoms with Crippen LogP contribution in [0.1, 0.15) is 13.3 Å². The van der Waals surface area contributed by atoms with Gasteiger partial charge in [-0.25, -0.2) is 0 Å². The first-order chi connectivity index (χ1) is 8.70. The number of aromatic nitrogens is 1. The molecule has 4 heteroatoms. The number of benzene rings is 1. The molecule has 2 aromatic rings. The molecular weight excluding hydrogens is 264 g/mol. The van der Waals surface area contributed by atoms with Crippen LogP contribution in [0.15, 0.2) is 30.5 Å². The minimum absolute atomic E-state index is 0.681. The fraction of sp³-hybridized carbons (Fsp3) is 0.357. The van der Waals surface area contributed by atoms with E-state index in [9.17, 15) is 0 Å². The summed E-state index contributed by atoms with van der Waals surface area (Å²) in [7, 11) is 0. The maximum Gasteiger partial charge on any atom is 0.0737 e. The summed E-state index contributed by atoms with van der Waals surface area (Å²) in [4.78, 5) is 4.33. The van der Waals surface area contributed by atoms with Crippen LogP contribution >= 0.6 is 23.4 Å². The van der Waals surface area contributed by atoms with E-state index < -0.39 is 0 Å². The number of pyridine rings is 1. The van der Waals surface area contributed by atoms with Crippen LogP contribution in [0.3, 0.4) is 0 Å². The molecule has 0 bridgehead atoms. The van der Waals surface area contributed by atoms with Crippen LogP contribution in [-0.4, -0.2) is 23.0 Å². The SMILES string of the molecule is CSC(C)CCNc1ccnc2cc(Cl)ccc12. The van der Waals surface area contributed by atoms with E-state index in [0.717, 1.165) is 34.6 Å². The maximum atomic E-state index is 5.97. The summed E-state index contributed by atoms with van der Waals surface area (Å²) in [5.41, 5.74) is 2.07. The van der Waals surface area contributed by atoms with Gasteiger partial charge in [0.1, 0.15) is 0 Å². The number of halogens is 1. The molecule has 1 aromatic heterocycles. The number of hydrogen-bond acceptors (Lipinski definition) is 3. The molecule has 0 aliphatic carbocycles. The molecule has 0 fully saturated rings. The van der Waals surface area contributed by atoms with Gasteiger partial charge in [0.2, 0.25) is 0 Å². The van der Waals surface area contributed by atoms with Crippen LogP contribution in [0.2, 0.25) is 5.02 Å². The van der Waals surface area contributed by atoms with E-state index in [4.69, 9.17) is 11.6 Å². The second-order valence-electron chi connectivity index (χ2n) is 4.28. The van der Waals surface area contributed by atoms with Crippen molar-refractivity contribution >= 4 is 40.0 Å². The van der Waals surface area contributed by atoms with E-state index in [1.807, 2.05) is 42.2 Å². The molecule has 1 aromatic carbocycles. The van der Waals surface area contributed by atoms with Gasteiger partial charge in [0.05, 0.1) is 5.52 Å². The molecule has 96 valence electrons. The molecule has 1 atom stereocenters. The van der Waals surface area contributed by atoms with Crippen molar-refractivity contribution in [2.24, 2.45) is 0 Å². The number of hydrogen-bond donors (Lipinski definition) is 1. The lowest BCUT2D eigenvalue weighted by molar-refractivity contribution is 0.854. The van der Waals surface area contributed by atoms with E-state index in [-0.39, 0.29) is 0 Å². The first-order valence-corrected chi connectivity index (χ1v) is 7.68. The summed E-state index contributed by atoms with van der Waals surface area (Å²) in [5, 5.41) is 6.01. The largest absolute Gasteiger partial charge is 0.384 e. The quantitative estimate of drug-likeness (QED) is 0.876. The van der Waals surface area contributed by atoms with Gasteiger partial charge in [-0.2, -0.15) is 11.8 Å². The second-order valence-corrected chi connectivity index (χ2v) is 5.99. The van der Waals surface area contributed by atoms with Gasteiger partial charge in [-0.15, -0.1) is 0 Å². The van der Waals surface area contributed by atoms with Crippen LogP contribution in [-0.2, 0) is 0 Å². The minimum Gasteiger partial charge on any atom is -0.384 e. The zero-order chi connectivity index (χ0) is 13.0. The normalized spacial score (nSPS) is 12.6. The van der Waals surface area contributed by atoms with Crippen molar-refractivity contribution in [2.75, 3.05) is 18.1 Å². The van der Waals surface area contributed by atoms with Gasteiger partial charge in [0.15, 0.2) is 0 Å². The van der Waals surface area contributed by atoms with Crippen LogP contribution < -0.4 is 5.32 Å². The van der Waals surface area contributed by atoms with Crippen LogP contribution in [0.25, 0.3) is 10.9 Å². The molecule has 0 aliphatic rings. The average molecular weight is 281 g/mol. The molecule has 2 rings (SSSR count). The van der Waals surface area contributed by atoms with Gasteiger partial charge in [0.25, 0.3) is 0 Å². The molecule has 0 radical (unpaired) electrons. The lowest BCUT2D eigenvalue weighted by Gasteiger charge is -2.12. The van der Waals surface area contributed by atoms with E-state index in [0.29, 0.717) is 5.25 Å². The van der Waals surface area contributed by atoms with E-state index in [1.165, 1.54) is 0 Å². The van der Waals surface area contributed by atoms with Crippen molar-refractivity contribution in [3.05, 3.63) is 35.5 Å². The predicted molar refractivity (Wildman–Crippen MR) is 82.8 cm³/mol. The first kappa shape index (κ1) is 13.5. The Morgan fingerprint density at radius 2 is 2.22 bits per heavy atom. The molecule has 0 aliphatic heterocycles. The number of rotatable bonds is 5. The smallest absolute Gasteiger partial charge is 0.0737 e. The number of nitrogens with one attached hydrogen (secondary N) is 1. The predicted octanol–water partition coefficient (Wildman–Crippen LogP) is 4.44. The third kappa shape index (κ3) is 3.30. The second kappa shape index (κ2) is 6.30. The Labute approximate surface area is 117 Å². The zero-order valence-electron chi connectivity index (χ0n) is 10.6. The van der Waals surface area contributed by atoms with Crippen molar-refractivity contribution in [2.45, 2.75) is 18.6 Å². The van der Waals surface area contributed by atoms with Crippen molar-refractivity contribution < 1.29 is 0 Å². The van der Waals surface area contributed by atoms with Gasteiger partial charge < -0.3 is 5.32 Å². The highest BCUT2D eigenvalue weighted by molar-refractivity contribution is 7.99. The molecule has 0 saturated carbocycles. The highest BCUT2D eigenvalue weighted by Crippen LogP contribution is 2.24. The van der Waals surface area contributed by atoms with Gasteiger partial charge in [-0.05, 0) is 36.9 Å². The molecule has 0 saturated heterocycles. The van der Waals surface area contributed by atoms with Gasteiger partial charge in [-0.3, -0.25) is 4.98 Å². The van der Waals surface area contributed by atoms with E-state index >= 15 is 0 Å². The summed E-state index contributed by atoms with van der Waals surface area (Å²) in [6.07, 6.45) is 5.12. The summed E-state index contributed by atoms with van der Waals surface area (Å²) in [6.45, 7) is 3.22. The molecule has 1 heterocycles. The Balaban J connectivity index is 2.13. The van der Waals surface area contributed by atoms with Crippen LogP contribution in [0, 0.1) is 0 Å². The summed E-state index contributed by atoms with van der Waals surface area (Å²) >= 11 is 7.87. The average Bonchev–Trinajstić information content (AvgIpc) is 2.38. The number of fused-ring (bicyclic) bond motifs is 1. The molecular formula is C14H17ClN2S. The first-order valence-electron chi connectivity index (χ1n) is 6.01. The molecule has 18 heavy (non-hydrogen) atoms. The summed E-state index contributed by atoms with van der Waals surface area (Å²) < 4.78 is 0.